The molecule has 132 valence electrons. The molecule has 0 aromatic rings. The number of aliphatic carboxylic acids is 2. The standard InChI is InChI=1S/2C4H5O3.2C3H7O.Ti/c2*1-3(5)2-4(6)7;2*1-2-3-4;/h2*2H,1H3,(H,6,7);2*2-3H2,1H3;/q;;2*-1;+2. The molecule has 0 bridgehead atoms. The quantitative estimate of drug-likeness (QED) is 0.394. The molecule has 0 aromatic carbocycles. The van der Waals surface area contributed by atoms with E-state index in [1.807, 2.05) is 0 Å². The van der Waals surface area contributed by atoms with Crippen molar-refractivity contribution >= 4 is 23.5 Å². The number of rotatable bonds is 12. The number of hydrogen-bond donors (Lipinski definition) is 2. The van der Waals surface area contributed by atoms with Crippen LogP contribution in [0.5, 0.6) is 0 Å². The van der Waals surface area contributed by atoms with Gasteiger partial charge in [0.15, 0.2) is 0 Å². The van der Waals surface area contributed by atoms with Crippen molar-refractivity contribution in [3.05, 3.63) is 0 Å². The minimum atomic E-state index is -4.90. The molecule has 0 aromatic heterocycles. The van der Waals surface area contributed by atoms with Crippen molar-refractivity contribution in [2.24, 2.45) is 0 Å². The number of ketones is 2. The summed E-state index contributed by atoms with van der Waals surface area (Å²) in [6, 6.07) is 0. The SMILES string of the molecule is CCC[O][Ti]([O]CCC)([CH](C(C)=O)C(=O)O)[CH](C(C)=O)C(=O)O. The van der Waals surface area contributed by atoms with Gasteiger partial charge in [-0.3, -0.25) is 0 Å². The van der Waals surface area contributed by atoms with Crippen molar-refractivity contribution in [3.8, 4) is 0 Å². The van der Waals surface area contributed by atoms with E-state index in [0.29, 0.717) is 12.8 Å². The fourth-order valence-corrected chi connectivity index (χ4v) is 8.49. The summed E-state index contributed by atoms with van der Waals surface area (Å²) >= 11 is -4.90. The van der Waals surface area contributed by atoms with Crippen molar-refractivity contribution in [2.75, 3.05) is 13.2 Å². The molecular weight excluding hydrogens is 344 g/mol. The Hall–Kier alpha value is -1.09. The Balaban J connectivity index is 6.31. The maximum atomic E-state index is 11.9. The second-order valence-corrected chi connectivity index (χ2v) is 10.1. The zero-order valence-corrected chi connectivity index (χ0v) is 15.4. The molecule has 9 heteroatoms. The summed E-state index contributed by atoms with van der Waals surface area (Å²) in [4.78, 5) is 47.1. The molecular formula is C14H24O8Ti. The average molecular weight is 368 g/mol. The van der Waals surface area contributed by atoms with E-state index in [2.05, 4.69) is 0 Å². The van der Waals surface area contributed by atoms with Crippen LogP contribution in [0.25, 0.3) is 0 Å². The predicted octanol–water partition coefficient (Wildman–Crippen LogP) is 1.75. The third kappa shape index (κ3) is 5.49. The molecule has 2 unspecified atom stereocenters. The van der Waals surface area contributed by atoms with Crippen molar-refractivity contribution in [1.82, 2.24) is 0 Å². The normalized spacial score (nSPS) is 14.1. The van der Waals surface area contributed by atoms with Crippen LogP contribution < -0.4 is 0 Å². The Morgan fingerprint density at radius 3 is 1.30 bits per heavy atom. The average Bonchev–Trinajstić information content (AvgIpc) is 2.40. The van der Waals surface area contributed by atoms with Crippen molar-refractivity contribution in [1.29, 1.82) is 0 Å². The van der Waals surface area contributed by atoms with Crippen LogP contribution in [0.3, 0.4) is 0 Å². The van der Waals surface area contributed by atoms with Crippen LogP contribution in [0.4, 0.5) is 0 Å². The molecule has 0 rings (SSSR count). The molecule has 0 saturated heterocycles. The van der Waals surface area contributed by atoms with E-state index >= 15 is 0 Å². The predicted molar refractivity (Wildman–Crippen MR) is 76.6 cm³/mol. The topological polar surface area (TPSA) is 127 Å². The van der Waals surface area contributed by atoms with Crippen molar-refractivity contribution in [2.45, 2.75) is 49.0 Å². The molecule has 0 spiro atoms. The Morgan fingerprint density at radius 1 is 0.826 bits per heavy atom. The van der Waals surface area contributed by atoms with Gasteiger partial charge in [-0.25, -0.2) is 0 Å². The molecule has 0 saturated carbocycles. The Morgan fingerprint density at radius 2 is 1.13 bits per heavy atom. The second kappa shape index (κ2) is 9.92. The van der Waals surface area contributed by atoms with Gasteiger partial charge >= 0.3 is 139 Å². The number of carboxylic acid groups (broad SMARTS) is 2. The molecule has 2 atom stereocenters. The van der Waals surface area contributed by atoms with E-state index in [-0.39, 0.29) is 13.2 Å². The maximum absolute atomic E-state index is 11.9. The second-order valence-electron chi connectivity index (χ2n) is 5.18. The summed E-state index contributed by atoms with van der Waals surface area (Å²) in [7, 11) is 0. The van der Waals surface area contributed by atoms with Gasteiger partial charge in [0.05, 0.1) is 0 Å². The Bertz CT molecular complexity index is 392. The van der Waals surface area contributed by atoms with E-state index in [0.717, 1.165) is 13.8 Å². The molecule has 2 N–H and O–H groups in total. The third-order valence-electron chi connectivity index (χ3n) is 3.18. The van der Waals surface area contributed by atoms with Gasteiger partial charge in [-0.05, 0) is 0 Å². The molecule has 0 heterocycles. The van der Waals surface area contributed by atoms with E-state index in [4.69, 9.17) is 6.64 Å². The summed E-state index contributed by atoms with van der Waals surface area (Å²) in [5.74, 6) is -4.57. The third-order valence-corrected chi connectivity index (χ3v) is 9.78. The van der Waals surface area contributed by atoms with Gasteiger partial charge in [0, 0.05) is 0 Å². The van der Waals surface area contributed by atoms with Gasteiger partial charge in [0.25, 0.3) is 0 Å². The summed E-state index contributed by atoms with van der Waals surface area (Å²) in [5.41, 5.74) is 0. The monoisotopic (exact) mass is 368 g/mol. The van der Waals surface area contributed by atoms with E-state index in [9.17, 15) is 29.4 Å². The summed E-state index contributed by atoms with van der Waals surface area (Å²) in [6.45, 7) is 5.64. The zero-order valence-electron chi connectivity index (χ0n) is 13.8. The summed E-state index contributed by atoms with van der Waals surface area (Å²) in [6.07, 6.45) is 0.938. The Kier molecular flexibility index (Phi) is 9.45. The first-order valence-corrected chi connectivity index (χ1v) is 10.5. The first kappa shape index (κ1) is 21.9. The van der Waals surface area contributed by atoms with Crippen molar-refractivity contribution in [3.63, 3.8) is 0 Å². The molecule has 0 aliphatic heterocycles. The minimum absolute atomic E-state index is 0.0256. The number of carboxylic acids is 2. The molecule has 0 fully saturated rings. The number of carbonyl (C=O) groups excluding carboxylic acids is 2. The number of Topliss-reactive ketones (excluding diaryl/α,β-unsaturated/α-hetero) is 2. The summed E-state index contributed by atoms with van der Waals surface area (Å²) < 4.78 is 7.75. The molecule has 0 radical (unpaired) electrons. The van der Waals surface area contributed by atoms with Gasteiger partial charge in [0.1, 0.15) is 0 Å². The number of carbonyl (C=O) groups is 4. The van der Waals surface area contributed by atoms with Gasteiger partial charge in [-0.15, -0.1) is 0 Å². The van der Waals surface area contributed by atoms with Crippen LogP contribution in [0.1, 0.15) is 40.5 Å². The van der Waals surface area contributed by atoms with Gasteiger partial charge < -0.3 is 0 Å². The number of hydrogen-bond acceptors (Lipinski definition) is 6. The van der Waals surface area contributed by atoms with Crippen LogP contribution in [-0.4, -0.2) is 46.9 Å². The fourth-order valence-electron chi connectivity index (χ4n) is 2.32. The fraction of sp³-hybridized carbons (Fsp3) is 0.714. The van der Waals surface area contributed by atoms with Crippen LogP contribution in [0.2, 0.25) is 8.45 Å². The van der Waals surface area contributed by atoms with E-state index < -0.39 is 49.3 Å². The van der Waals surface area contributed by atoms with E-state index in [1.54, 1.807) is 13.8 Å². The zero-order chi connectivity index (χ0) is 18.2. The molecule has 0 aliphatic rings. The molecule has 23 heavy (non-hydrogen) atoms. The van der Waals surface area contributed by atoms with Crippen LogP contribution in [0, 0.1) is 0 Å². The van der Waals surface area contributed by atoms with Crippen molar-refractivity contribution < 1.29 is 53.4 Å². The van der Waals surface area contributed by atoms with Crippen LogP contribution in [-0.2, 0) is 43.2 Å². The van der Waals surface area contributed by atoms with Gasteiger partial charge in [-0.2, -0.15) is 0 Å². The van der Waals surface area contributed by atoms with Crippen LogP contribution in [0.15, 0.2) is 0 Å². The first-order valence-electron chi connectivity index (χ1n) is 7.40. The van der Waals surface area contributed by atoms with Crippen LogP contribution >= 0.6 is 0 Å². The molecule has 0 aliphatic carbocycles. The summed E-state index contributed by atoms with van der Waals surface area (Å²) in [5, 5.41) is 18.9. The van der Waals surface area contributed by atoms with Gasteiger partial charge in [0.2, 0.25) is 0 Å². The van der Waals surface area contributed by atoms with E-state index in [1.165, 1.54) is 0 Å². The first-order chi connectivity index (χ1) is 10.7. The molecule has 0 amide bonds. The molecule has 8 nitrogen and oxygen atoms in total. The van der Waals surface area contributed by atoms with Gasteiger partial charge in [-0.1, -0.05) is 0 Å². The Labute approximate surface area is 139 Å².